The van der Waals surface area contributed by atoms with E-state index in [0.29, 0.717) is 0 Å². The molecule has 0 atom stereocenters. The van der Waals surface area contributed by atoms with E-state index in [1.54, 1.807) is 14.2 Å². The van der Waals surface area contributed by atoms with Gasteiger partial charge in [0, 0.05) is 11.1 Å². The smallest absolute Gasteiger partial charge is 0.132 e. The van der Waals surface area contributed by atoms with E-state index in [1.165, 1.54) is 5.57 Å². The van der Waals surface area contributed by atoms with Crippen molar-refractivity contribution in [3.8, 4) is 11.5 Å². The third kappa shape index (κ3) is 3.26. The third-order valence-corrected chi connectivity index (χ3v) is 3.06. The van der Waals surface area contributed by atoms with Crippen LogP contribution in [0.5, 0.6) is 11.5 Å². The number of ether oxygens (including phenoxy) is 2. The van der Waals surface area contributed by atoms with Crippen molar-refractivity contribution in [1.82, 2.24) is 0 Å². The van der Waals surface area contributed by atoms with E-state index in [9.17, 15) is 0 Å². The molecule has 0 bridgehead atoms. The van der Waals surface area contributed by atoms with Crippen LogP contribution in [0.15, 0.2) is 18.2 Å². The van der Waals surface area contributed by atoms with Crippen LogP contribution in [0.2, 0.25) is 0 Å². The summed E-state index contributed by atoms with van der Waals surface area (Å²) in [5, 5.41) is 0. The Hall–Kier alpha value is -1.48. The lowest BCUT2D eigenvalue weighted by Crippen LogP contribution is -1.98. The molecule has 0 aliphatic heterocycles. The molecule has 0 saturated carbocycles. The molecule has 0 radical (unpaired) electrons. The first-order valence-corrected chi connectivity index (χ1v) is 6.24. The van der Waals surface area contributed by atoms with Gasteiger partial charge in [-0.15, -0.1) is 0 Å². The van der Waals surface area contributed by atoms with E-state index >= 15 is 0 Å². The SMILES string of the molecule is COc1ccc(/C(C)=C/CCCN)c(OC)c1C. The van der Waals surface area contributed by atoms with Gasteiger partial charge >= 0.3 is 0 Å². The molecule has 2 N–H and O–H groups in total. The fraction of sp³-hybridized carbons (Fsp3) is 0.467. The maximum atomic E-state index is 5.50. The fourth-order valence-corrected chi connectivity index (χ4v) is 2.01. The quantitative estimate of drug-likeness (QED) is 0.788. The Kier molecular flexibility index (Phi) is 5.72. The first-order valence-electron chi connectivity index (χ1n) is 6.24. The molecule has 0 aliphatic carbocycles. The molecule has 1 aromatic carbocycles. The van der Waals surface area contributed by atoms with Gasteiger partial charge in [-0.1, -0.05) is 6.08 Å². The van der Waals surface area contributed by atoms with Gasteiger partial charge in [-0.25, -0.2) is 0 Å². The fourth-order valence-electron chi connectivity index (χ4n) is 2.01. The summed E-state index contributed by atoms with van der Waals surface area (Å²) in [6.45, 7) is 4.83. The van der Waals surface area contributed by atoms with Gasteiger partial charge in [-0.2, -0.15) is 0 Å². The molecule has 100 valence electrons. The Balaban J connectivity index is 3.09. The zero-order valence-corrected chi connectivity index (χ0v) is 11.7. The van der Waals surface area contributed by atoms with Gasteiger partial charge in [-0.3, -0.25) is 0 Å². The predicted octanol–water partition coefficient (Wildman–Crippen LogP) is 3.15. The van der Waals surface area contributed by atoms with Crippen LogP contribution in [0.1, 0.15) is 30.9 Å². The summed E-state index contributed by atoms with van der Waals surface area (Å²) in [6, 6.07) is 4.02. The van der Waals surface area contributed by atoms with Crippen molar-refractivity contribution in [3.63, 3.8) is 0 Å². The van der Waals surface area contributed by atoms with Crippen LogP contribution in [-0.4, -0.2) is 20.8 Å². The Morgan fingerprint density at radius 1 is 1.28 bits per heavy atom. The molecule has 1 aromatic rings. The lowest BCUT2D eigenvalue weighted by Gasteiger charge is -2.15. The Morgan fingerprint density at radius 2 is 2.00 bits per heavy atom. The van der Waals surface area contributed by atoms with Gasteiger partial charge < -0.3 is 15.2 Å². The number of unbranched alkanes of at least 4 members (excludes halogenated alkanes) is 1. The van der Waals surface area contributed by atoms with Gasteiger partial charge in [0.25, 0.3) is 0 Å². The first kappa shape index (κ1) is 14.6. The van der Waals surface area contributed by atoms with Crippen molar-refractivity contribution in [2.45, 2.75) is 26.7 Å². The van der Waals surface area contributed by atoms with Crippen LogP contribution < -0.4 is 15.2 Å². The molecule has 0 aliphatic rings. The maximum absolute atomic E-state index is 5.50. The zero-order valence-electron chi connectivity index (χ0n) is 11.7. The van der Waals surface area contributed by atoms with Crippen LogP contribution in [-0.2, 0) is 0 Å². The number of hydrogen-bond acceptors (Lipinski definition) is 3. The summed E-state index contributed by atoms with van der Waals surface area (Å²) < 4.78 is 10.8. The van der Waals surface area contributed by atoms with E-state index in [-0.39, 0.29) is 0 Å². The molecule has 0 saturated heterocycles. The summed E-state index contributed by atoms with van der Waals surface area (Å²) in [4.78, 5) is 0. The first-order chi connectivity index (χ1) is 8.65. The van der Waals surface area contributed by atoms with E-state index < -0.39 is 0 Å². The van der Waals surface area contributed by atoms with Gasteiger partial charge in [0.05, 0.1) is 14.2 Å². The number of allylic oxidation sites excluding steroid dienone is 2. The average Bonchev–Trinajstić information content (AvgIpc) is 2.38. The molecule has 0 heterocycles. The van der Waals surface area contributed by atoms with Gasteiger partial charge in [-0.05, 0) is 50.9 Å². The van der Waals surface area contributed by atoms with Crippen molar-refractivity contribution in [3.05, 3.63) is 29.3 Å². The van der Waals surface area contributed by atoms with Crippen LogP contribution >= 0.6 is 0 Å². The summed E-state index contributed by atoms with van der Waals surface area (Å²) in [5.74, 6) is 1.74. The Bertz CT molecular complexity index is 425. The van der Waals surface area contributed by atoms with Gasteiger partial charge in [0.2, 0.25) is 0 Å². The minimum Gasteiger partial charge on any atom is -0.496 e. The minimum absolute atomic E-state index is 0.725. The minimum atomic E-state index is 0.725. The molecule has 0 aromatic heterocycles. The van der Waals surface area contributed by atoms with Gasteiger partial charge in [0.1, 0.15) is 11.5 Å². The van der Waals surface area contributed by atoms with Crippen molar-refractivity contribution in [2.75, 3.05) is 20.8 Å². The third-order valence-electron chi connectivity index (χ3n) is 3.06. The molecule has 3 nitrogen and oxygen atoms in total. The van der Waals surface area contributed by atoms with E-state index in [1.807, 2.05) is 19.1 Å². The highest BCUT2D eigenvalue weighted by atomic mass is 16.5. The van der Waals surface area contributed by atoms with Crippen molar-refractivity contribution >= 4 is 5.57 Å². The highest BCUT2D eigenvalue weighted by molar-refractivity contribution is 5.72. The molecule has 0 fully saturated rings. The molecule has 1 rings (SSSR count). The number of benzene rings is 1. The Labute approximate surface area is 110 Å². The van der Waals surface area contributed by atoms with E-state index in [4.69, 9.17) is 15.2 Å². The monoisotopic (exact) mass is 249 g/mol. The van der Waals surface area contributed by atoms with Crippen LogP contribution in [0.3, 0.4) is 0 Å². The average molecular weight is 249 g/mol. The summed E-state index contributed by atoms with van der Waals surface area (Å²) in [7, 11) is 3.36. The predicted molar refractivity (Wildman–Crippen MR) is 76.2 cm³/mol. The number of rotatable bonds is 6. The molecule has 0 amide bonds. The van der Waals surface area contributed by atoms with Crippen molar-refractivity contribution < 1.29 is 9.47 Å². The molecule has 0 spiro atoms. The van der Waals surface area contributed by atoms with E-state index in [2.05, 4.69) is 13.0 Å². The van der Waals surface area contributed by atoms with Crippen LogP contribution in [0, 0.1) is 6.92 Å². The topological polar surface area (TPSA) is 44.5 Å². The number of methoxy groups -OCH3 is 2. The summed E-state index contributed by atoms with van der Waals surface area (Å²) >= 11 is 0. The molecular weight excluding hydrogens is 226 g/mol. The highest BCUT2D eigenvalue weighted by Crippen LogP contribution is 2.35. The molecule has 18 heavy (non-hydrogen) atoms. The number of nitrogens with two attached hydrogens (primary N) is 1. The highest BCUT2D eigenvalue weighted by Gasteiger charge is 2.11. The van der Waals surface area contributed by atoms with Crippen molar-refractivity contribution in [1.29, 1.82) is 0 Å². The lowest BCUT2D eigenvalue weighted by molar-refractivity contribution is 0.388. The number of hydrogen-bond donors (Lipinski definition) is 1. The maximum Gasteiger partial charge on any atom is 0.132 e. The molecule has 3 heteroatoms. The second-order valence-corrected chi connectivity index (χ2v) is 4.29. The van der Waals surface area contributed by atoms with Crippen LogP contribution in [0.25, 0.3) is 5.57 Å². The Morgan fingerprint density at radius 3 is 2.56 bits per heavy atom. The second kappa shape index (κ2) is 7.07. The zero-order chi connectivity index (χ0) is 13.5. The van der Waals surface area contributed by atoms with Crippen LogP contribution in [0.4, 0.5) is 0 Å². The van der Waals surface area contributed by atoms with E-state index in [0.717, 1.165) is 42.0 Å². The standard InChI is InChI=1S/C15H23NO2/c1-11(7-5-6-10-16)13-8-9-14(17-3)12(2)15(13)18-4/h7-9H,5-6,10,16H2,1-4H3/b11-7+. The van der Waals surface area contributed by atoms with Crippen molar-refractivity contribution in [2.24, 2.45) is 5.73 Å². The normalized spacial score (nSPS) is 11.5. The summed E-state index contributed by atoms with van der Waals surface area (Å²) in [6.07, 6.45) is 4.21. The largest absolute Gasteiger partial charge is 0.496 e. The molecular formula is C15H23NO2. The van der Waals surface area contributed by atoms with Gasteiger partial charge in [0.15, 0.2) is 0 Å². The molecule has 0 unspecified atom stereocenters. The summed E-state index contributed by atoms with van der Waals surface area (Å²) in [5.41, 5.74) is 8.86. The lowest BCUT2D eigenvalue weighted by atomic mass is 10.0. The second-order valence-electron chi connectivity index (χ2n) is 4.29.